The predicted molar refractivity (Wildman–Crippen MR) is 106 cm³/mol. The highest BCUT2D eigenvalue weighted by Crippen LogP contribution is 2.33. The van der Waals surface area contributed by atoms with Gasteiger partial charge in [0.05, 0.1) is 20.6 Å². The van der Waals surface area contributed by atoms with Crippen LogP contribution in [0.2, 0.25) is 0 Å². The van der Waals surface area contributed by atoms with Crippen LogP contribution in [-0.2, 0) is 17.6 Å². The van der Waals surface area contributed by atoms with E-state index in [0.717, 1.165) is 26.5 Å². The summed E-state index contributed by atoms with van der Waals surface area (Å²) < 4.78 is 11.5. The summed E-state index contributed by atoms with van der Waals surface area (Å²) in [4.78, 5) is 15.5. The molecule has 0 unspecified atom stereocenters. The monoisotopic (exact) mass is 416 g/mol. The van der Waals surface area contributed by atoms with E-state index in [0.29, 0.717) is 30.9 Å². The van der Waals surface area contributed by atoms with E-state index in [-0.39, 0.29) is 5.91 Å². The third-order valence-corrected chi connectivity index (χ3v) is 5.03. The lowest BCUT2D eigenvalue weighted by molar-refractivity contribution is -0.120. The van der Waals surface area contributed by atoms with Crippen molar-refractivity contribution in [1.82, 2.24) is 10.3 Å². The van der Waals surface area contributed by atoms with Gasteiger partial charge in [0, 0.05) is 28.1 Å². The van der Waals surface area contributed by atoms with E-state index in [4.69, 9.17) is 9.47 Å². The smallest absolute Gasteiger partial charge is 0.224 e. The first kappa shape index (κ1) is 18.3. The van der Waals surface area contributed by atoms with Crippen LogP contribution in [0.4, 0.5) is 0 Å². The Morgan fingerprint density at radius 3 is 2.62 bits per heavy atom. The number of ether oxygens (including phenoxy) is 2. The molecule has 0 aliphatic heterocycles. The second-order valence-electron chi connectivity index (χ2n) is 5.93. The molecule has 3 rings (SSSR count). The Morgan fingerprint density at radius 1 is 1.12 bits per heavy atom. The van der Waals surface area contributed by atoms with Crippen molar-refractivity contribution < 1.29 is 14.3 Å². The topological polar surface area (TPSA) is 63.3 Å². The number of para-hydroxylation sites is 1. The van der Waals surface area contributed by atoms with Crippen molar-refractivity contribution in [2.45, 2.75) is 12.8 Å². The third kappa shape index (κ3) is 4.02. The van der Waals surface area contributed by atoms with Crippen molar-refractivity contribution in [1.29, 1.82) is 0 Å². The zero-order valence-electron chi connectivity index (χ0n) is 14.8. The second kappa shape index (κ2) is 8.27. The van der Waals surface area contributed by atoms with E-state index in [1.807, 2.05) is 42.6 Å². The number of carbonyl (C=O) groups excluding carboxylic acids is 1. The minimum atomic E-state index is 0.00588. The summed E-state index contributed by atoms with van der Waals surface area (Å²) in [6, 6.07) is 11.8. The molecule has 0 radical (unpaired) electrons. The van der Waals surface area contributed by atoms with Crippen LogP contribution in [0.25, 0.3) is 10.9 Å². The normalized spacial score (nSPS) is 10.7. The average molecular weight is 417 g/mol. The van der Waals surface area contributed by atoms with Gasteiger partial charge < -0.3 is 19.8 Å². The quantitative estimate of drug-likeness (QED) is 0.614. The summed E-state index contributed by atoms with van der Waals surface area (Å²) >= 11 is 3.54. The fourth-order valence-electron chi connectivity index (χ4n) is 2.94. The maximum atomic E-state index is 12.3. The molecule has 0 saturated carbocycles. The number of methoxy groups -OCH3 is 2. The molecule has 1 heterocycles. The molecule has 0 fully saturated rings. The molecule has 136 valence electrons. The highest BCUT2D eigenvalue weighted by molar-refractivity contribution is 9.10. The van der Waals surface area contributed by atoms with Crippen LogP contribution in [0.3, 0.4) is 0 Å². The molecule has 1 aromatic heterocycles. The highest BCUT2D eigenvalue weighted by Gasteiger charge is 2.11. The molecule has 2 aromatic carbocycles. The molecule has 0 aliphatic carbocycles. The van der Waals surface area contributed by atoms with Crippen molar-refractivity contribution >= 4 is 32.7 Å². The molecule has 0 atom stereocenters. The Morgan fingerprint density at radius 2 is 1.85 bits per heavy atom. The largest absolute Gasteiger partial charge is 0.493 e. The summed E-state index contributed by atoms with van der Waals surface area (Å²) in [5, 5.41) is 4.07. The van der Waals surface area contributed by atoms with Crippen molar-refractivity contribution in [3.05, 3.63) is 58.2 Å². The molecule has 0 bridgehead atoms. The van der Waals surface area contributed by atoms with Crippen LogP contribution in [0.15, 0.2) is 47.1 Å². The van der Waals surface area contributed by atoms with E-state index < -0.39 is 0 Å². The van der Waals surface area contributed by atoms with Crippen LogP contribution in [0.5, 0.6) is 11.5 Å². The van der Waals surface area contributed by atoms with E-state index >= 15 is 0 Å². The fourth-order valence-corrected chi connectivity index (χ4v) is 3.46. The number of carbonyl (C=O) groups is 1. The first-order valence-corrected chi connectivity index (χ1v) is 9.13. The van der Waals surface area contributed by atoms with E-state index in [9.17, 15) is 4.79 Å². The second-order valence-corrected chi connectivity index (χ2v) is 6.79. The van der Waals surface area contributed by atoms with Gasteiger partial charge in [-0.25, -0.2) is 0 Å². The molecule has 2 N–H and O–H groups in total. The van der Waals surface area contributed by atoms with Gasteiger partial charge in [0.1, 0.15) is 0 Å². The minimum absolute atomic E-state index is 0.00588. The number of H-pyrrole nitrogens is 1. The van der Waals surface area contributed by atoms with Gasteiger partial charge in [-0.2, -0.15) is 0 Å². The predicted octanol–water partition coefficient (Wildman–Crippen LogP) is 3.85. The van der Waals surface area contributed by atoms with Crippen LogP contribution in [0.1, 0.15) is 11.1 Å². The number of halogens is 1. The lowest BCUT2D eigenvalue weighted by Crippen LogP contribution is -2.27. The molecule has 26 heavy (non-hydrogen) atoms. The van der Waals surface area contributed by atoms with E-state index in [1.54, 1.807) is 14.2 Å². The van der Waals surface area contributed by atoms with Gasteiger partial charge in [0.2, 0.25) is 5.91 Å². The maximum Gasteiger partial charge on any atom is 0.224 e. The van der Waals surface area contributed by atoms with Crippen LogP contribution >= 0.6 is 15.9 Å². The summed E-state index contributed by atoms with van der Waals surface area (Å²) in [6.45, 7) is 0.551. The zero-order valence-corrected chi connectivity index (χ0v) is 16.4. The summed E-state index contributed by atoms with van der Waals surface area (Å²) in [5.74, 6) is 1.36. The molecule has 1 amide bonds. The van der Waals surface area contributed by atoms with Gasteiger partial charge in [0.15, 0.2) is 11.5 Å². The summed E-state index contributed by atoms with van der Waals surface area (Å²) in [7, 11) is 3.22. The van der Waals surface area contributed by atoms with Gasteiger partial charge >= 0.3 is 0 Å². The third-order valence-electron chi connectivity index (χ3n) is 4.30. The number of hydrogen-bond donors (Lipinski definition) is 2. The fraction of sp³-hybridized carbons (Fsp3) is 0.250. The van der Waals surface area contributed by atoms with Gasteiger partial charge in [-0.1, -0.05) is 34.1 Å². The number of hydrogen-bond acceptors (Lipinski definition) is 3. The lowest BCUT2D eigenvalue weighted by Gasteiger charge is -2.12. The molecule has 0 saturated heterocycles. The summed E-state index contributed by atoms with van der Waals surface area (Å²) in [5.41, 5.74) is 3.10. The number of aromatic nitrogens is 1. The standard InChI is InChI=1S/C20H21BrN2O3/c1-25-18-9-13(16(21)11-19(18)26-2)7-8-22-20(24)10-14-12-23-17-6-4-3-5-15(14)17/h3-6,9,11-12,23H,7-8,10H2,1-2H3,(H,22,24). The minimum Gasteiger partial charge on any atom is -0.493 e. The van der Waals surface area contributed by atoms with Crippen LogP contribution < -0.4 is 14.8 Å². The molecule has 3 aromatic rings. The van der Waals surface area contributed by atoms with E-state index in [2.05, 4.69) is 26.2 Å². The zero-order chi connectivity index (χ0) is 18.5. The van der Waals surface area contributed by atoms with Gasteiger partial charge in [-0.05, 0) is 35.7 Å². The first-order valence-electron chi connectivity index (χ1n) is 8.34. The molecule has 0 spiro atoms. The molecular formula is C20H21BrN2O3. The molecule has 5 nitrogen and oxygen atoms in total. The number of rotatable bonds is 7. The van der Waals surface area contributed by atoms with Gasteiger partial charge in [-0.3, -0.25) is 4.79 Å². The molecule has 6 heteroatoms. The van der Waals surface area contributed by atoms with Gasteiger partial charge in [-0.15, -0.1) is 0 Å². The van der Waals surface area contributed by atoms with Gasteiger partial charge in [0.25, 0.3) is 0 Å². The van der Waals surface area contributed by atoms with Crippen molar-refractivity contribution in [3.8, 4) is 11.5 Å². The van der Waals surface area contributed by atoms with Crippen molar-refractivity contribution in [2.75, 3.05) is 20.8 Å². The number of fused-ring (bicyclic) bond motifs is 1. The number of nitrogens with one attached hydrogen (secondary N) is 2. The summed E-state index contributed by atoms with van der Waals surface area (Å²) in [6.07, 6.45) is 2.95. The van der Waals surface area contributed by atoms with Crippen molar-refractivity contribution in [2.24, 2.45) is 0 Å². The SMILES string of the molecule is COc1cc(Br)c(CCNC(=O)Cc2c[nH]c3ccccc23)cc1OC. The Bertz CT molecular complexity index is 921. The average Bonchev–Trinajstić information content (AvgIpc) is 3.05. The van der Waals surface area contributed by atoms with Crippen LogP contribution in [0, 0.1) is 0 Å². The Labute approximate surface area is 160 Å². The lowest BCUT2D eigenvalue weighted by atomic mass is 10.1. The Kier molecular flexibility index (Phi) is 5.83. The Balaban J connectivity index is 1.59. The van der Waals surface area contributed by atoms with Crippen molar-refractivity contribution in [3.63, 3.8) is 0 Å². The highest BCUT2D eigenvalue weighted by atomic mass is 79.9. The van der Waals surface area contributed by atoms with E-state index in [1.165, 1.54) is 0 Å². The molecular weight excluding hydrogens is 396 g/mol. The number of amides is 1. The number of aromatic amines is 1. The number of benzene rings is 2. The van der Waals surface area contributed by atoms with Crippen LogP contribution in [-0.4, -0.2) is 31.7 Å². The first-order chi connectivity index (χ1) is 12.6. The molecule has 0 aliphatic rings. The maximum absolute atomic E-state index is 12.3. The Hall–Kier alpha value is -2.47.